The molecular weight excluding hydrogens is 314 g/mol. The predicted octanol–water partition coefficient (Wildman–Crippen LogP) is 2.86. The summed E-state index contributed by atoms with van der Waals surface area (Å²) in [4.78, 5) is 10.9. The first-order valence-electron chi connectivity index (χ1n) is 5.90. The summed E-state index contributed by atoms with van der Waals surface area (Å²) in [6.07, 6.45) is 0. The molecule has 0 aliphatic heterocycles. The zero-order chi connectivity index (χ0) is 15.6. The first-order valence-corrected chi connectivity index (χ1v) is 7.72. The monoisotopic (exact) mass is 325 g/mol. The minimum atomic E-state index is -3.83. The molecule has 0 saturated heterocycles. The average molecular weight is 326 g/mol. The maximum atomic E-state index is 12.5. The van der Waals surface area contributed by atoms with Crippen LogP contribution in [0.25, 0.3) is 0 Å². The molecule has 0 heterocycles. The average Bonchev–Trinajstić information content (AvgIpc) is 2.47. The van der Waals surface area contributed by atoms with Gasteiger partial charge >= 0.3 is 5.97 Å². The number of hydrogen-bond acceptors (Lipinski definition) is 3. The Morgan fingerprint density at radius 3 is 2.33 bits per heavy atom. The highest BCUT2D eigenvalue weighted by molar-refractivity contribution is 7.92. The van der Waals surface area contributed by atoms with Crippen LogP contribution in [0.3, 0.4) is 0 Å². The Kier molecular flexibility index (Phi) is 4.20. The second-order valence-electron chi connectivity index (χ2n) is 4.28. The summed E-state index contributed by atoms with van der Waals surface area (Å²) in [5, 5.41) is 9.44. The van der Waals surface area contributed by atoms with E-state index in [9.17, 15) is 13.2 Å². The number of carbonyl (C=O) groups is 1. The third kappa shape index (κ3) is 3.17. The summed E-state index contributed by atoms with van der Waals surface area (Å²) in [5.41, 5.74) is 0.348. The highest BCUT2D eigenvalue weighted by atomic mass is 35.5. The molecule has 0 amide bonds. The summed E-state index contributed by atoms with van der Waals surface area (Å²) in [6, 6.07) is 11.5. The molecule has 5 nitrogen and oxygen atoms in total. The van der Waals surface area contributed by atoms with E-state index in [2.05, 4.69) is 0 Å². The van der Waals surface area contributed by atoms with Crippen LogP contribution in [0.5, 0.6) is 0 Å². The zero-order valence-electron chi connectivity index (χ0n) is 11.0. The van der Waals surface area contributed by atoms with Gasteiger partial charge in [0, 0.05) is 12.1 Å². The molecule has 21 heavy (non-hydrogen) atoms. The van der Waals surface area contributed by atoms with E-state index in [-0.39, 0.29) is 10.5 Å². The number of nitrogens with zero attached hydrogens (tertiary/aromatic N) is 1. The number of sulfonamides is 1. The van der Waals surface area contributed by atoms with E-state index < -0.39 is 16.0 Å². The minimum Gasteiger partial charge on any atom is -0.478 e. The van der Waals surface area contributed by atoms with Crippen molar-refractivity contribution in [1.82, 2.24) is 0 Å². The highest BCUT2D eigenvalue weighted by Gasteiger charge is 2.22. The fourth-order valence-corrected chi connectivity index (χ4v) is 3.11. The lowest BCUT2D eigenvalue weighted by Crippen LogP contribution is -2.26. The number of rotatable bonds is 4. The van der Waals surface area contributed by atoms with Gasteiger partial charge in [0.05, 0.1) is 16.1 Å². The summed E-state index contributed by atoms with van der Waals surface area (Å²) < 4.78 is 26.1. The van der Waals surface area contributed by atoms with Gasteiger partial charge in [0.25, 0.3) is 10.0 Å². The molecule has 2 rings (SSSR count). The maximum Gasteiger partial charge on any atom is 0.335 e. The van der Waals surface area contributed by atoms with E-state index in [4.69, 9.17) is 16.7 Å². The van der Waals surface area contributed by atoms with E-state index in [1.54, 1.807) is 24.3 Å². The molecule has 110 valence electrons. The Hall–Kier alpha value is -2.05. The Balaban J connectivity index is 2.44. The summed E-state index contributed by atoms with van der Waals surface area (Å²) in [5.74, 6) is -1.18. The molecule has 0 aliphatic carbocycles. The van der Waals surface area contributed by atoms with Gasteiger partial charge in [-0.25, -0.2) is 13.2 Å². The van der Waals surface area contributed by atoms with Gasteiger partial charge in [-0.05, 0) is 42.5 Å². The van der Waals surface area contributed by atoms with Crippen LogP contribution in [0.2, 0.25) is 5.02 Å². The van der Waals surface area contributed by atoms with Crippen molar-refractivity contribution in [2.75, 3.05) is 11.4 Å². The van der Waals surface area contributed by atoms with E-state index in [1.165, 1.54) is 25.2 Å². The topological polar surface area (TPSA) is 74.7 Å². The molecule has 0 aliphatic rings. The number of carboxylic acids is 1. The van der Waals surface area contributed by atoms with E-state index in [0.29, 0.717) is 10.7 Å². The third-order valence-electron chi connectivity index (χ3n) is 2.93. The largest absolute Gasteiger partial charge is 0.478 e. The van der Waals surface area contributed by atoms with Gasteiger partial charge in [0.1, 0.15) is 0 Å². The van der Waals surface area contributed by atoms with Gasteiger partial charge in [-0.3, -0.25) is 4.31 Å². The molecule has 0 bridgehead atoms. The Morgan fingerprint density at radius 1 is 1.14 bits per heavy atom. The smallest absolute Gasteiger partial charge is 0.335 e. The lowest BCUT2D eigenvalue weighted by Gasteiger charge is -2.19. The van der Waals surface area contributed by atoms with Crippen LogP contribution in [0.4, 0.5) is 5.69 Å². The van der Waals surface area contributed by atoms with Crippen LogP contribution in [0, 0.1) is 0 Å². The van der Waals surface area contributed by atoms with Crippen molar-refractivity contribution in [3.8, 4) is 0 Å². The Labute approximate surface area is 127 Å². The quantitative estimate of drug-likeness (QED) is 0.938. The number of anilines is 1. The molecule has 0 aromatic heterocycles. The normalized spacial score (nSPS) is 11.1. The molecule has 7 heteroatoms. The molecule has 0 radical (unpaired) electrons. The third-order valence-corrected chi connectivity index (χ3v) is 4.96. The SMILES string of the molecule is CN(c1ccc(Cl)cc1)S(=O)(=O)c1cccc(C(=O)O)c1. The fourth-order valence-electron chi connectivity index (χ4n) is 1.74. The first-order chi connectivity index (χ1) is 9.82. The zero-order valence-corrected chi connectivity index (χ0v) is 12.6. The minimum absolute atomic E-state index is 0.0828. The van der Waals surface area contributed by atoms with Crippen molar-refractivity contribution in [2.45, 2.75) is 4.90 Å². The van der Waals surface area contributed by atoms with Gasteiger partial charge in [0.2, 0.25) is 0 Å². The molecule has 0 saturated carbocycles. The molecule has 0 atom stereocenters. The maximum absolute atomic E-state index is 12.5. The van der Waals surface area contributed by atoms with Crippen LogP contribution >= 0.6 is 11.6 Å². The van der Waals surface area contributed by atoms with Crippen LogP contribution in [0.1, 0.15) is 10.4 Å². The van der Waals surface area contributed by atoms with E-state index in [0.717, 1.165) is 10.4 Å². The Morgan fingerprint density at radius 2 is 1.76 bits per heavy atom. The van der Waals surface area contributed by atoms with Crippen molar-refractivity contribution in [2.24, 2.45) is 0 Å². The fraction of sp³-hybridized carbons (Fsp3) is 0.0714. The van der Waals surface area contributed by atoms with Crippen LogP contribution < -0.4 is 4.31 Å². The van der Waals surface area contributed by atoms with Crippen molar-refractivity contribution in [1.29, 1.82) is 0 Å². The molecule has 2 aromatic rings. The van der Waals surface area contributed by atoms with Crippen LogP contribution in [-0.4, -0.2) is 26.5 Å². The van der Waals surface area contributed by atoms with Crippen molar-refractivity contribution in [3.63, 3.8) is 0 Å². The number of halogens is 1. The van der Waals surface area contributed by atoms with Gasteiger partial charge in [-0.15, -0.1) is 0 Å². The van der Waals surface area contributed by atoms with Gasteiger partial charge < -0.3 is 5.11 Å². The van der Waals surface area contributed by atoms with Crippen molar-refractivity contribution in [3.05, 3.63) is 59.1 Å². The summed E-state index contributed by atoms with van der Waals surface area (Å²) in [6.45, 7) is 0. The predicted molar refractivity (Wildman–Crippen MR) is 80.4 cm³/mol. The Bertz CT molecular complexity index is 772. The van der Waals surface area contributed by atoms with Gasteiger partial charge in [-0.1, -0.05) is 17.7 Å². The number of carboxylic acid groups (broad SMARTS) is 1. The van der Waals surface area contributed by atoms with Gasteiger partial charge in [0.15, 0.2) is 0 Å². The van der Waals surface area contributed by atoms with E-state index >= 15 is 0 Å². The van der Waals surface area contributed by atoms with Gasteiger partial charge in [-0.2, -0.15) is 0 Å². The number of hydrogen-bond donors (Lipinski definition) is 1. The van der Waals surface area contributed by atoms with Crippen molar-refractivity contribution >= 4 is 33.3 Å². The molecule has 0 spiro atoms. The summed E-state index contributed by atoms with van der Waals surface area (Å²) >= 11 is 5.77. The van der Waals surface area contributed by atoms with Crippen LogP contribution in [-0.2, 0) is 10.0 Å². The second-order valence-corrected chi connectivity index (χ2v) is 6.69. The molecule has 0 unspecified atom stereocenters. The van der Waals surface area contributed by atoms with Crippen LogP contribution in [0.15, 0.2) is 53.4 Å². The molecular formula is C14H12ClNO4S. The first kappa shape index (κ1) is 15.3. The lowest BCUT2D eigenvalue weighted by atomic mass is 10.2. The lowest BCUT2D eigenvalue weighted by molar-refractivity contribution is 0.0696. The summed E-state index contributed by atoms with van der Waals surface area (Å²) in [7, 11) is -2.44. The second kappa shape index (κ2) is 5.75. The molecule has 2 aromatic carbocycles. The standard InChI is InChI=1S/C14H12ClNO4S/c1-16(12-7-5-11(15)6-8-12)21(19,20)13-4-2-3-10(9-13)14(17)18/h2-9H,1H3,(H,17,18). The molecule has 1 N–H and O–H groups in total. The highest BCUT2D eigenvalue weighted by Crippen LogP contribution is 2.24. The van der Waals surface area contributed by atoms with E-state index in [1.807, 2.05) is 0 Å². The number of benzene rings is 2. The number of aromatic carboxylic acids is 1. The van der Waals surface area contributed by atoms with Crippen molar-refractivity contribution < 1.29 is 18.3 Å². The molecule has 0 fully saturated rings.